The van der Waals surface area contributed by atoms with Gasteiger partial charge in [-0.3, -0.25) is 9.59 Å². The molecule has 0 saturated heterocycles. The quantitative estimate of drug-likeness (QED) is 0.793. The first-order chi connectivity index (χ1) is 8.54. The van der Waals surface area contributed by atoms with E-state index in [-0.39, 0.29) is 12.5 Å². The molecule has 18 heavy (non-hydrogen) atoms. The molecule has 5 heteroatoms. The second kappa shape index (κ2) is 6.64. The second-order valence-electron chi connectivity index (χ2n) is 3.98. The lowest BCUT2D eigenvalue weighted by atomic mass is 10.2. The molecule has 1 rings (SSSR count). The van der Waals surface area contributed by atoms with Crippen molar-refractivity contribution >= 4 is 17.6 Å². The number of hydrogen-bond donors (Lipinski definition) is 2. The number of aliphatic carboxylic acids is 1. The molecule has 0 bridgehead atoms. The van der Waals surface area contributed by atoms with E-state index in [2.05, 4.69) is 5.32 Å². The SMILES string of the molecule is CCN(CC(=O)NC(C)C(=O)O)c1ccccc1. The summed E-state index contributed by atoms with van der Waals surface area (Å²) in [6.07, 6.45) is 0. The molecule has 0 aliphatic heterocycles. The highest BCUT2D eigenvalue weighted by Crippen LogP contribution is 2.11. The number of carboxylic acid groups (broad SMARTS) is 1. The number of nitrogens with zero attached hydrogens (tertiary/aromatic N) is 1. The maximum Gasteiger partial charge on any atom is 0.325 e. The van der Waals surface area contributed by atoms with Gasteiger partial charge in [0.15, 0.2) is 0 Å². The van der Waals surface area contributed by atoms with Gasteiger partial charge in [-0.05, 0) is 26.0 Å². The number of rotatable bonds is 6. The monoisotopic (exact) mass is 250 g/mol. The Labute approximate surface area is 106 Å². The van der Waals surface area contributed by atoms with Gasteiger partial charge in [0.25, 0.3) is 0 Å². The molecule has 0 aliphatic rings. The third kappa shape index (κ3) is 4.08. The van der Waals surface area contributed by atoms with Crippen molar-refractivity contribution < 1.29 is 14.7 Å². The fourth-order valence-electron chi connectivity index (χ4n) is 1.55. The lowest BCUT2D eigenvalue weighted by Gasteiger charge is -2.23. The highest BCUT2D eigenvalue weighted by molar-refractivity contribution is 5.86. The lowest BCUT2D eigenvalue weighted by Crippen LogP contribution is -2.44. The van der Waals surface area contributed by atoms with Crippen LogP contribution in [-0.2, 0) is 9.59 Å². The Morgan fingerprint density at radius 3 is 2.44 bits per heavy atom. The van der Waals surface area contributed by atoms with Crippen LogP contribution in [0.2, 0.25) is 0 Å². The van der Waals surface area contributed by atoms with Crippen molar-refractivity contribution in [3.63, 3.8) is 0 Å². The summed E-state index contributed by atoms with van der Waals surface area (Å²) in [5.41, 5.74) is 0.943. The fourth-order valence-corrected chi connectivity index (χ4v) is 1.55. The molecular weight excluding hydrogens is 232 g/mol. The van der Waals surface area contributed by atoms with Gasteiger partial charge in [-0.2, -0.15) is 0 Å². The Bertz CT molecular complexity index is 406. The van der Waals surface area contributed by atoms with Crippen molar-refractivity contribution in [1.82, 2.24) is 5.32 Å². The van der Waals surface area contributed by atoms with Crippen LogP contribution in [-0.4, -0.2) is 36.1 Å². The van der Waals surface area contributed by atoms with E-state index in [1.54, 1.807) is 0 Å². The van der Waals surface area contributed by atoms with Crippen molar-refractivity contribution in [3.05, 3.63) is 30.3 Å². The van der Waals surface area contributed by atoms with Gasteiger partial charge in [0.05, 0.1) is 6.54 Å². The summed E-state index contributed by atoms with van der Waals surface area (Å²) < 4.78 is 0. The van der Waals surface area contributed by atoms with E-state index in [4.69, 9.17) is 5.11 Å². The number of para-hydroxylation sites is 1. The van der Waals surface area contributed by atoms with Crippen LogP contribution in [0, 0.1) is 0 Å². The minimum absolute atomic E-state index is 0.151. The van der Waals surface area contributed by atoms with Crippen LogP contribution in [0.15, 0.2) is 30.3 Å². The smallest absolute Gasteiger partial charge is 0.325 e. The van der Waals surface area contributed by atoms with Crippen molar-refractivity contribution in [2.24, 2.45) is 0 Å². The molecule has 1 aromatic rings. The highest BCUT2D eigenvalue weighted by atomic mass is 16.4. The predicted molar refractivity (Wildman–Crippen MR) is 69.6 cm³/mol. The molecule has 0 saturated carbocycles. The average molecular weight is 250 g/mol. The number of likely N-dealkylation sites (N-methyl/N-ethyl adjacent to an activating group) is 1. The summed E-state index contributed by atoms with van der Waals surface area (Å²) in [6, 6.07) is 8.66. The third-order valence-electron chi connectivity index (χ3n) is 2.59. The maximum absolute atomic E-state index is 11.7. The standard InChI is InChI=1S/C13H18N2O3/c1-3-15(11-7-5-4-6-8-11)9-12(16)14-10(2)13(17)18/h4-8,10H,3,9H2,1-2H3,(H,14,16)(H,17,18). The van der Waals surface area contributed by atoms with Crippen LogP contribution in [0.3, 0.4) is 0 Å². The number of anilines is 1. The second-order valence-corrected chi connectivity index (χ2v) is 3.98. The highest BCUT2D eigenvalue weighted by Gasteiger charge is 2.16. The molecule has 0 heterocycles. The van der Waals surface area contributed by atoms with Gasteiger partial charge in [-0.25, -0.2) is 0 Å². The fraction of sp³-hybridized carbons (Fsp3) is 0.385. The summed E-state index contributed by atoms with van der Waals surface area (Å²) in [5, 5.41) is 11.1. The van der Waals surface area contributed by atoms with Crippen LogP contribution < -0.4 is 10.2 Å². The molecular formula is C13H18N2O3. The van der Waals surface area contributed by atoms with Gasteiger partial charge in [-0.1, -0.05) is 18.2 Å². The van der Waals surface area contributed by atoms with Crippen LogP contribution in [0.5, 0.6) is 0 Å². The number of carbonyl (C=O) groups excluding carboxylic acids is 1. The molecule has 0 fully saturated rings. The van der Waals surface area contributed by atoms with Crippen LogP contribution in [0.1, 0.15) is 13.8 Å². The van der Waals surface area contributed by atoms with Gasteiger partial charge < -0.3 is 15.3 Å². The normalized spacial score (nSPS) is 11.7. The zero-order valence-corrected chi connectivity index (χ0v) is 10.6. The Morgan fingerprint density at radius 1 is 1.33 bits per heavy atom. The zero-order chi connectivity index (χ0) is 13.5. The summed E-state index contributed by atoms with van der Waals surface area (Å²) in [4.78, 5) is 24.2. The number of benzene rings is 1. The van der Waals surface area contributed by atoms with Crippen LogP contribution >= 0.6 is 0 Å². The maximum atomic E-state index is 11.7. The predicted octanol–water partition coefficient (Wildman–Crippen LogP) is 1.10. The van der Waals surface area contributed by atoms with Gasteiger partial charge in [-0.15, -0.1) is 0 Å². The number of amides is 1. The molecule has 0 spiro atoms. The number of carboxylic acids is 1. The van der Waals surface area contributed by atoms with E-state index < -0.39 is 12.0 Å². The van der Waals surface area contributed by atoms with E-state index in [1.165, 1.54) is 6.92 Å². The van der Waals surface area contributed by atoms with Gasteiger partial charge in [0, 0.05) is 12.2 Å². The lowest BCUT2D eigenvalue weighted by molar-refractivity contribution is -0.141. The molecule has 5 nitrogen and oxygen atoms in total. The van der Waals surface area contributed by atoms with E-state index in [0.29, 0.717) is 6.54 Å². The minimum Gasteiger partial charge on any atom is -0.480 e. The van der Waals surface area contributed by atoms with E-state index in [1.807, 2.05) is 42.2 Å². The Morgan fingerprint density at radius 2 is 1.94 bits per heavy atom. The van der Waals surface area contributed by atoms with Gasteiger partial charge >= 0.3 is 5.97 Å². The Hall–Kier alpha value is -2.04. The summed E-state index contributed by atoms with van der Waals surface area (Å²) >= 11 is 0. The molecule has 1 aromatic carbocycles. The van der Waals surface area contributed by atoms with E-state index >= 15 is 0 Å². The third-order valence-corrected chi connectivity index (χ3v) is 2.59. The molecule has 98 valence electrons. The molecule has 0 aliphatic carbocycles. The Kier molecular flexibility index (Phi) is 5.17. The van der Waals surface area contributed by atoms with Crippen molar-refractivity contribution in [2.75, 3.05) is 18.0 Å². The summed E-state index contributed by atoms with van der Waals surface area (Å²) in [5.74, 6) is -1.33. The molecule has 1 amide bonds. The van der Waals surface area contributed by atoms with Gasteiger partial charge in [0.1, 0.15) is 6.04 Å². The van der Waals surface area contributed by atoms with Crippen LogP contribution in [0.4, 0.5) is 5.69 Å². The molecule has 0 radical (unpaired) electrons. The largest absolute Gasteiger partial charge is 0.480 e. The number of carbonyl (C=O) groups is 2. The first kappa shape index (κ1) is 14.0. The van der Waals surface area contributed by atoms with Crippen molar-refractivity contribution in [3.8, 4) is 0 Å². The first-order valence-corrected chi connectivity index (χ1v) is 5.86. The topological polar surface area (TPSA) is 69.6 Å². The van der Waals surface area contributed by atoms with Gasteiger partial charge in [0.2, 0.25) is 5.91 Å². The number of nitrogens with one attached hydrogen (secondary N) is 1. The average Bonchev–Trinajstić information content (AvgIpc) is 2.36. The molecule has 1 atom stereocenters. The molecule has 1 unspecified atom stereocenters. The van der Waals surface area contributed by atoms with E-state index in [9.17, 15) is 9.59 Å². The van der Waals surface area contributed by atoms with E-state index in [0.717, 1.165) is 5.69 Å². The summed E-state index contributed by atoms with van der Waals surface area (Å²) in [7, 11) is 0. The Balaban J connectivity index is 2.59. The molecule has 2 N–H and O–H groups in total. The van der Waals surface area contributed by atoms with Crippen LogP contribution in [0.25, 0.3) is 0 Å². The first-order valence-electron chi connectivity index (χ1n) is 5.86. The summed E-state index contributed by atoms with van der Waals surface area (Å²) in [6.45, 7) is 4.22. The minimum atomic E-state index is -1.04. The van der Waals surface area contributed by atoms with Crippen molar-refractivity contribution in [2.45, 2.75) is 19.9 Å². The number of hydrogen-bond acceptors (Lipinski definition) is 3. The zero-order valence-electron chi connectivity index (χ0n) is 10.6. The molecule has 0 aromatic heterocycles. The van der Waals surface area contributed by atoms with Crippen molar-refractivity contribution in [1.29, 1.82) is 0 Å².